The topological polar surface area (TPSA) is 27.7 Å². The Morgan fingerprint density at radius 3 is 2.22 bits per heavy atom. The number of ether oxygens (including phenoxy) is 1. The van der Waals surface area contributed by atoms with Gasteiger partial charge in [-0.1, -0.05) is 30.3 Å². The average Bonchev–Trinajstić information content (AvgIpc) is 2.76. The predicted octanol–water partition coefficient (Wildman–Crippen LogP) is 3.57. The SMILES string of the molecule is COC1C=C(c2ccc(B3OC(C)(C)C(C)(C)O3)cc2)CCC1. The van der Waals surface area contributed by atoms with Crippen LogP contribution in [0.25, 0.3) is 5.57 Å². The normalized spacial score (nSPS) is 26.2. The largest absolute Gasteiger partial charge is 0.494 e. The maximum absolute atomic E-state index is 6.11. The highest BCUT2D eigenvalue weighted by Gasteiger charge is 2.51. The Bertz CT molecular complexity index is 573. The molecular formula is C19H27BO3. The van der Waals surface area contributed by atoms with Gasteiger partial charge in [0.25, 0.3) is 0 Å². The first-order valence-corrected chi connectivity index (χ1v) is 8.52. The van der Waals surface area contributed by atoms with E-state index >= 15 is 0 Å². The van der Waals surface area contributed by atoms with Crippen LogP contribution < -0.4 is 5.46 Å². The molecule has 1 aliphatic heterocycles. The Hall–Kier alpha value is -1.10. The summed E-state index contributed by atoms with van der Waals surface area (Å²) >= 11 is 0. The number of rotatable bonds is 3. The van der Waals surface area contributed by atoms with Gasteiger partial charge in [0.2, 0.25) is 0 Å². The van der Waals surface area contributed by atoms with E-state index in [4.69, 9.17) is 14.0 Å². The molecular weight excluding hydrogens is 287 g/mol. The van der Waals surface area contributed by atoms with Crippen LogP contribution >= 0.6 is 0 Å². The van der Waals surface area contributed by atoms with Crippen molar-refractivity contribution in [1.29, 1.82) is 0 Å². The molecule has 0 bridgehead atoms. The van der Waals surface area contributed by atoms with Crippen molar-refractivity contribution in [3.05, 3.63) is 35.9 Å². The van der Waals surface area contributed by atoms with Crippen LogP contribution in [0, 0.1) is 0 Å². The lowest BCUT2D eigenvalue weighted by molar-refractivity contribution is 0.00578. The third-order valence-corrected chi connectivity index (χ3v) is 5.43. The third kappa shape index (κ3) is 3.26. The molecule has 1 unspecified atom stereocenters. The minimum Gasteiger partial charge on any atom is -0.399 e. The lowest BCUT2D eigenvalue weighted by Crippen LogP contribution is -2.41. The zero-order valence-corrected chi connectivity index (χ0v) is 14.9. The van der Waals surface area contributed by atoms with Crippen LogP contribution in [0.15, 0.2) is 30.3 Å². The zero-order valence-electron chi connectivity index (χ0n) is 14.9. The summed E-state index contributed by atoms with van der Waals surface area (Å²) in [7, 11) is 1.49. The molecule has 1 atom stereocenters. The Labute approximate surface area is 140 Å². The Kier molecular flexibility index (Phi) is 4.43. The summed E-state index contributed by atoms with van der Waals surface area (Å²) in [6.07, 6.45) is 5.93. The molecule has 124 valence electrons. The second kappa shape index (κ2) is 6.08. The van der Waals surface area contributed by atoms with E-state index in [2.05, 4.69) is 58.0 Å². The quantitative estimate of drug-likeness (QED) is 0.798. The molecule has 1 heterocycles. The number of hydrogen-bond acceptors (Lipinski definition) is 3. The van der Waals surface area contributed by atoms with Crippen molar-refractivity contribution < 1.29 is 14.0 Å². The summed E-state index contributed by atoms with van der Waals surface area (Å²) in [4.78, 5) is 0. The zero-order chi connectivity index (χ0) is 16.7. The summed E-state index contributed by atoms with van der Waals surface area (Å²) in [5, 5.41) is 0. The fraction of sp³-hybridized carbons (Fsp3) is 0.579. The van der Waals surface area contributed by atoms with Crippen LogP contribution in [-0.4, -0.2) is 31.5 Å². The van der Waals surface area contributed by atoms with Crippen LogP contribution in [0.5, 0.6) is 0 Å². The molecule has 3 nitrogen and oxygen atoms in total. The molecule has 23 heavy (non-hydrogen) atoms. The summed E-state index contributed by atoms with van der Waals surface area (Å²) in [5.41, 5.74) is 3.13. The number of methoxy groups -OCH3 is 1. The molecule has 1 aliphatic carbocycles. The van der Waals surface area contributed by atoms with Gasteiger partial charge in [-0.25, -0.2) is 0 Å². The summed E-state index contributed by atoms with van der Waals surface area (Å²) in [6, 6.07) is 8.58. The molecule has 1 aromatic carbocycles. The maximum atomic E-state index is 6.11. The van der Waals surface area contributed by atoms with Gasteiger partial charge in [-0.2, -0.15) is 0 Å². The Morgan fingerprint density at radius 1 is 1.04 bits per heavy atom. The van der Waals surface area contributed by atoms with Gasteiger partial charge in [-0.05, 0) is 63.6 Å². The summed E-state index contributed by atoms with van der Waals surface area (Å²) in [6.45, 7) is 8.33. The molecule has 3 rings (SSSR count). The molecule has 0 N–H and O–H groups in total. The summed E-state index contributed by atoms with van der Waals surface area (Å²) < 4.78 is 17.7. The van der Waals surface area contributed by atoms with Crippen molar-refractivity contribution in [2.24, 2.45) is 0 Å². The summed E-state index contributed by atoms with van der Waals surface area (Å²) in [5.74, 6) is 0. The molecule has 1 fully saturated rings. The maximum Gasteiger partial charge on any atom is 0.494 e. The van der Waals surface area contributed by atoms with Gasteiger partial charge >= 0.3 is 7.12 Å². The molecule has 1 aromatic rings. The van der Waals surface area contributed by atoms with Crippen LogP contribution in [-0.2, 0) is 14.0 Å². The van der Waals surface area contributed by atoms with Gasteiger partial charge in [-0.3, -0.25) is 0 Å². The molecule has 0 amide bonds. The minimum absolute atomic E-state index is 0.251. The van der Waals surface area contributed by atoms with Crippen molar-refractivity contribution in [2.75, 3.05) is 7.11 Å². The lowest BCUT2D eigenvalue weighted by Gasteiger charge is -2.32. The Morgan fingerprint density at radius 2 is 1.65 bits per heavy atom. The van der Waals surface area contributed by atoms with Crippen molar-refractivity contribution in [1.82, 2.24) is 0 Å². The highest BCUT2D eigenvalue weighted by molar-refractivity contribution is 6.62. The van der Waals surface area contributed by atoms with Crippen LogP contribution in [0.1, 0.15) is 52.5 Å². The predicted molar refractivity (Wildman–Crippen MR) is 94.8 cm³/mol. The monoisotopic (exact) mass is 314 g/mol. The third-order valence-electron chi connectivity index (χ3n) is 5.43. The van der Waals surface area contributed by atoms with Gasteiger partial charge in [0.1, 0.15) is 0 Å². The molecule has 0 aromatic heterocycles. The Balaban J connectivity index is 1.77. The standard InChI is InChI=1S/C19H27BO3/c1-18(2)19(3,4)23-20(22-18)16-11-9-14(10-12-16)15-7-6-8-17(13-15)21-5/h9-13,17H,6-8H2,1-5H3. The molecule has 1 saturated heterocycles. The van der Waals surface area contributed by atoms with E-state index in [1.54, 1.807) is 7.11 Å². The molecule has 4 heteroatoms. The smallest absolute Gasteiger partial charge is 0.399 e. The second-order valence-corrected chi connectivity index (χ2v) is 7.57. The van der Waals surface area contributed by atoms with E-state index in [0.29, 0.717) is 0 Å². The van der Waals surface area contributed by atoms with Crippen LogP contribution in [0.3, 0.4) is 0 Å². The van der Waals surface area contributed by atoms with Crippen molar-refractivity contribution in [3.63, 3.8) is 0 Å². The molecule has 0 radical (unpaired) electrons. The fourth-order valence-corrected chi connectivity index (χ4v) is 3.14. The first-order valence-electron chi connectivity index (χ1n) is 8.52. The molecule has 0 saturated carbocycles. The van der Waals surface area contributed by atoms with Crippen molar-refractivity contribution in [2.45, 2.75) is 64.3 Å². The van der Waals surface area contributed by atoms with Gasteiger partial charge in [0.15, 0.2) is 0 Å². The molecule has 2 aliphatic rings. The van der Waals surface area contributed by atoms with E-state index in [1.807, 2.05) is 0 Å². The van der Waals surface area contributed by atoms with E-state index in [9.17, 15) is 0 Å². The first kappa shape index (κ1) is 16.8. The van der Waals surface area contributed by atoms with E-state index in [-0.39, 0.29) is 24.4 Å². The van der Waals surface area contributed by atoms with Crippen LogP contribution in [0.2, 0.25) is 0 Å². The van der Waals surface area contributed by atoms with Gasteiger partial charge in [-0.15, -0.1) is 0 Å². The number of allylic oxidation sites excluding steroid dienone is 1. The highest BCUT2D eigenvalue weighted by Crippen LogP contribution is 2.36. The molecule has 0 spiro atoms. The van der Waals surface area contributed by atoms with Crippen molar-refractivity contribution >= 4 is 18.2 Å². The number of benzene rings is 1. The van der Waals surface area contributed by atoms with Gasteiger partial charge < -0.3 is 14.0 Å². The van der Waals surface area contributed by atoms with E-state index < -0.39 is 0 Å². The lowest BCUT2D eigenvalue weighted by atomic mass is 9.78. The number of hydrogen-bond donors (Lipinski definition) is 0. The van der Waals surface area contributed by atoms with E-state index in [1.165, 1.54) is 17.6 Å². The second-order valence-electron chi connectivity index (χ2n) is 7.57. The van der Waals surface area contributed by atoms with Crippen LogP contribution in [0.4, 0.5) is 0 Å². The van der Waals surface area contributed by atoms with Gasteiger partial charge in [0.05, 0.1) is 17.3 Å². The van der Waals surface area contributed by atoms with Gasteiger partial charge in [0, 0.05) is 7.11 Å². The van der Waals surface area contributed by atoms with Crippen molar-refractivity contribution in [3.8, 4) is 0 Å². The highest BCUT2D eigenvalue weighted by atomic mass is 16.7. The van der Waals surface area contributed by atoms with E-state index in [0.717, 1.165) is 18.3 Å². The first-order chi connectivity index (χ1) is 10.8. The fourth-order valence-electron chi connectivity index (χ4n) is 3.14. The minimum atomic E-state index is -0.298. The average molecular weight is 314 g/mol.